The lowest BCUT2D eigenvalue weighted by molar-refractivity contribution is 0.590. The number of nitrogens with zero attached hydrogens (tertiary/aromatic N) is 16. The molecule has 24 rings (SSSR count). The molecule has 0 saturated carbocycles. The molecule has 16 heteroatoms. The van der Waals surface area contributed by atoms with Crippen LogP contribution in [0, 0.1) is 41.5 Å². The highest BCUT2D eigenvalue weighted by Gasteiger charge is 2.28. The first-order valence-electron chi connectivity index (χ1n) is 47.5. The maximum absolute atomic E-state index is 4.99. The predicted octanol–water partition coefficient (Wildman–Crippen LogP) is 33.0. The normalized spacial score (nSPS) is 11.7. The highest BCUT2D eigenvalue weighted by Crippen LogP contribution is 2.50. The number of hydrogen-bond acceptors (Lipinski definition) is 16. The average molecular weight is 1820 g/mol. The summed E-state index contributed by atoms with van der Waals surface area (Å²) in [6, 6.07) is 133. The van der Waals surface area contributed by atoms with Gasteiger partial charge in [-0.2, -0.15) is 0 Å². The summed E-state index contributed by atoms with van der Waals surface area (Å²) >= 11 is 0. The third kappa shape index (κ3) is 17.2. The van der Waals surface area contributed by atoms with Crippen LogP contribution in [0.25, 0.3) is 97.0 Å². The number of pyridine rings is 10. The summed E-state index contributed by atoms with van der Waals surface area (Å²) in [7, 11) is 0. The van der Waals surface area contributed by atoms with Gasteiger partial charge in [0.2, 0.25) is 0 Å². The molecule has 0 atom stereocenters. The van der Waals surface area contributed by atoms with E-state index in [0.717, 1.165) is 159 Å². The number of aryl methyl sites for hydroxylation is 6. The lowest BCUT2D eigenvalue weighted by Gasteiger charge is -2.28. The summed E-state index contributed by atoms with van der Waals surface area (Å²) in [6.07, 6.45) is 7.25. The quantitative estimate of drug-likeness (QED) is 0.0749. The van der Waals surface area contributed by atoms with E-state index in [0.29, 0.717) is 0 Å². The Labute approximate surface area is 814 Å². The first-order chi connectivity index (χ1) is 68.1. The summed E-state index contributed by atoms with van der Waals surface area (Å²) in [5.41, 5.74) is 17.0. The summed E-state index contributed by atoms with van der Waals surface area (Å²) < 4.78 is 0. The van der Waals surface area contributed by atoms with Crippen LogP contribution in [0.15, 0.2) is 401 Å². The molecule has 0 N–H and O–H groups in total. The molecule has 0 aliphatic heterocycles. The van der Waals surface area contributed by atoms with Crippen molar-refractivity contribution < 1.29 is 0 Å². The Morgan fingerprint density at radius 2 is 0.321 bits per heavy atom. The van der Waals surface area contributed by atoms with Gasteiger partial charge in [-0.25, -0.2) is 49.8 Å². The molecule has 14 aromatic carbocycles. The van der Waals surface area contributed by atoms with Gasteiger partial charge in [0.15, 0.2) is 0 Å². The van der Waals surface area contributed by atoms with E-state index in [-0.39, 0.29) is 10.8 Å². The van der Waals surface area contributed by atoms with Gasteiger partial charge < -0.3 is 0 Å². The largest absolute Gasteiger partial charge is 0.295 e. The number of aromatic nitrogens is 10. The fourth-order valence-electron chi connectivity index (χ4n) is 19.6. The summed E-state index contributed by atoms with van der Waals surface area (Å²) in [4.78, 5) is 61.2. The Morgan fingerprint density at radius 3 is 0.486 bits per heavy atom. The third-order valence-electron chi connectivity index (χ3n) is 26.2. The fourth-order valence-corrected chi connectivity index (χ4v) is 19.6. The summed E-state index contributed by atoms with van der Waals surface area (Å²) in [5, 5.41) is 21.7. The van der Waals surface area contributed by atoms with Gasteiger partial charge >= 0.3 is 0 Å². The van der Waals surface area contributed by atoms with Crippen LogP contribution in [-0.4, -0.2) is 49.8 Å². The minimum atomic E-state index is 0.0754. The predicted molar refractivity (Wildman–Crippen MR) is 582 cm³/mol. The van der Waals surface area contributed by atoms with Crippen LogP contribution >= 0.6 is 0 Å². The Hall–Kier alpha value is -17.5. The molecule has 0 radical (unpaired) electrons. The van der Waals surface area contributed by atoms with E-state index in [1.165, 1.54) is 86.5 Å². The van der Waals surface area contributed by atoms with E-state index in [1.807, 2.05) is 198 Å². The van der Waals surface area contributed by atoms with Crippen LogP contribution in [0.3, 0.4) is 0 Å². The lowest BCUT2D eigenvalue weighted by Crippen LogP contribution is -2.14. The SMILES string of the molecule is Cc1cccc(N(c2cc3ccc4cc(N(c5cccc(C)n5)c5cccc(C)n5)cc5ccc(c2)c3c45)c2cccc(C)n2)n1.Cc1cccc(N(c2ccc(C(C)(C)C)cc2)c2cc3ccc4cc(N(c5ccc(C(C)(C)C)cc5)c5cccc(C)n5)cc5ccc(c2)c3c45)n1.c1ccc(N(c2cc3ccc4cc(N(c5ccccn5)c5ccccn5)cc5ccc(c2)c3c45)c2ccccn2)nc1. The van der Waals surface area contributed by atoms with Gasteiger partial charge in [0, 0.05) is 81.7 Å². The molecule has 16 nitrogen and oxygen atoms in total. The number of hydrogen-bond donors (Lipinski definition) is 0. The van der Waals surface area contributed by atoms with E-state index < -0.39 is 0 Å². The smallest absolute Gasteiger partial charge is 0.138 e. The molecule has 0 unspecified atom stereocenters. The van der Waals surface area contributed by atoms with Crippen LogP contribution in [0.4, 0.5) is 104 Å². The third-order valence-corrected chi connectivity index (χ3v) is 26.2. The first kappa shape index (κ1) is 87.8. The van der Waals surface area contributed by atoms with E-state index in [1.54, 1.807) is 0 Å². The highest BCUT2D eigenvalue weighted by atomic mass is 15.3. The average Bonchev–Trinajstić information content (AvgIpc) is 0.734. The maximum atomic E-state index is 4.99. The molecule has 0 amide bonds. The number of benzene rings is 14. The van der Waals surface area contributed by atoms with Crippen molar-refractivity contribution in [3.63, 3.8) is 0 Å². The molecular weight excluding hydrogens is 1710 g/mol. The van der Waals surface area contributed by atoms with Gasteiger partial charge in [0.05, 0.1) is 22.7 Å². The van der Waals surface area contributed by atoms with Crippen molar-refractivity contribution in [1.29, 1.82) is 0 Å². The van der Waals surface area contributed by atoms with Gasteiger partial charge in [-0.3, -0.25) is 29.4 Å². The molecule has 0 spiro atoms. The maximum Gasteiger partial charge on any atom is 0.138 e. The van der Waals surface area contributed by atoms with Crippen molar-refractivity contribution in [2.45, 2.75) is 93.9 Å². The number of rotatable bonds is 18. The Morgan fingerprint density at radius 1 is 0.157 bits per heavy atom. The van der Waals surface area contributed by atoms with E-state index >= 15 is 0 Å². The molecule has 0 saturated heterocycles. The van der Waals surface area contributed by atoms with Gasteiger partial charge in [-0.1, -0.05) is 199 Å². The molecule has 10 heterocycles. The van der Waals surface area contributed by atoms with Crippen LogP contribution < -0.4 is 29.4 Å². The van der Waals surface area contributed by atoms with Crippen LogP contribution in [-0.2, 0) is 10.8 Å². The Bertz CT molecular complexity index is 7820. The lowest BCUT2D eigenvalue weighted by atomic mass is 9.87. The van der Waals surface area contributed by atoms with E-state index in [9.17, 15) is 0 Å². The molecule has 0 bridgehead atoms. The zero-order valence-corrected chi connectivity index (χ0v) is 80.3. The van der Waals surface area contributed by atoms with Gasteiger partial charge in [0.25, 0.3) is 0 Å². The van der Waals surface area contributed by atoms with Crippen molar-refractivity contribution in [2.75, 3.05) is 29.4 Å². The van der Waals surface area contributed by atoms with Crippen molar-refractivity contribution in [3.05, 3.63) is 446 Å². The van der Waals surface area contributed by atoms with Crippen molar-refractivity contribution >= 4 is 201 Å². The Balaban J connectivity index is 0.000000121. The molecule has 0 aliphatic rings. The van der Waals surface area contributed by atoms with Crippen LogP contribution in [0.5, 0.6) is 0 Å². The first-order valence-corrected chi connectivity index (χ1v) is 47.5. The molecular formula is C124H102N16. The highest BCUT2D eigenvalue weighted by molar-refractivity contribution is 6.28. The van der Waals surface area contributed by atoms with Gasteiger partial charge in [-0.15, -0.1) is 0 Å². The fraction of sp³-hybridized carbons (Fsp3) is 0.113. The summed E-state index contributed by atoms with van der Waals surface area (Å²) in [6.45, 7) is 25.7. The van der Waals surface area contributed by atoms with Gasteiger partial charge in [0.1, 0.15) is 58.2 Å². The number of anilines is 18. The monoisotopic (exact) mass is 1810 g/mol. The van der Waals surface area contributed by atoms with Crippen molar-refractivity contribution in [3.8, 4) is 0 Å². The van der Waals surface area contributed by atoms with Gasteiger partial charge in [-0.05, 0) is 379 Å². The van der Waals surface area contributed by atoms with Crippen LogP contribution in [0.1, 0.15) is 86.8 Å². The second kappa shape index (κ2) is 36.3. The minimum absolute atomic E-state index is 0.0754. The van der Waals surface area contributed by atoms with E-state index in [2.05, 4.69) is 335 Å². The second-order valence-electron chi connectivity index (χ2n) is 38.2. The topological polar surface area (TPSA) is 148 Å². The molecule has 24 aromatic rings. The molecule has 140 heavy (non-hydrogen) atoms. The van der Waals surface area contributed by atoms with E-state index in [4.69, 9.17) is 29.9 Å². The molecule has 0 fully saturated rings. The standard InChI is InChI=1S/C48H46N4.C40H32N6.C36H24N6/c1-31-11-9-13-43(49-31)51(39-23-19-37(20-24-39)47(3,4)5)41-27-33-15-17-35-29-42(30-36-18-16-34(28-41)45(33)46(35)36)52(44-14-10-12-32(2)50-44)40-25-21-38(22-26-40)48(6,7)8;1-25-9-5-13-35(41-25)45(36-14-6-10-26(2)42-36)33-21-29-17-19-31-23-34(24-32-20-18-30(22-33)39(29)40(31)32)46(37-15-7-11-27(3)43-37)38-16-8-12-28(4)44-38;1-5-17-37-31(9-1)41(32-10-2-6-18-38-32)29-21-25-13-15-27-23-30(24-28-16-14-26(22-29)35(25)36(27)28)42(33-11-3-7-19-39-33)34-12-4-8-20-40-34/h9-30H,1-8H3;5-24H,1-4H3;1-24H. The summed E-state index contributed by atoms with van der Waals surface area (Å²) in [5.74, 6) is 8.43. The molecule has 10 aromatic heterocycles. The van der Waals surface area contributed by atoms with Crippen molar-refractivity contribution in [2.24, 2.45) is 0 Å². The molecule has 0 aliphatic carbocycles. The second-order valence-corrected chi connectivity index (χ2v) is 38.2. The molecule has 678 valence electrons. The zero-order valence-electron chi connectivity index (χ0n) is 80.3. The van der Waals surface area contributed by atoms with Crippen LogP contribution in [0.2, 0.25) is 0 Å². The minimum Gasteiger partial charge on any atom is -0.295 e. The Kier molecular flexibility index (Phi) is 22.8. The zero-order chi connectivity index (χ0) is 95.6. The van der Waals surface area contributed by atoms with Crippen molar-refractivity contribution in [1.82, 2.24) is 49.8 Å².